The van der Waals surface area contributed by atoms with Gasteiger partial charge in [-0.3, -0.25) is 4.79 Å². The summed E-state index contributed by atoms with van der Waals surface area (Å²) >= 11 is 0. The Morgan fingerprint density at radius 2 is 2.00 bits per heavy atom. The van der Waals surface area contributed by atoms with Gasteiger partial charge in [0, 0.05) is 19.8 Å². The lowest BCUT2D eigenvalue weighted by atomic mass is 10.2. The highest BCUT2D eigenvalue weighted by molar-refractivity contribution is 5.83. The zero-order valence-electron chi connectivity index (χ0n) is 10.0. The Kier molecular flexibility index (Phi) is 3.88. The second kappa shape index (κ2) is 4.96. The predicted octanol–water partition coefficient (Wildman–Crippen LogP) is 2.02. The van der Waals surface area contributed by atoms with Crippen LogP contribution in [-0.2, 0) is 4.79 Å². The van der Waals surface area contributed by atoms with Crippen LogP contribution in [0.15, 0.2) is 18.2 Å². The maximum atomic E-state index is 13.1. The number of rotatable bonds is 3. The van der Waals surface area contributed by atoms with E-state index in [9.17, 15) is 9.18 Å². The van der Waals surface area contributed by atoms with Gasteiger partial charge in [0.25, 0.3) is 0 Å². The molecule has 1 rings (SSSR count). The molecule has 4 heteroatoms. The Bertz CT molecular complexity index is 370. The first-order valence-corrected chi connectivity index (χ1v) is 5.15. The SMILES string of the molecule is Cc1cc(F)cc(NC(C)C(=O)N(C)C)c1. The zero-order valence-corrected chi connectivity index (χ0v) is 10.0. The van der Waals surface area contributed by atoms with E-state index in [-0.39, 0.29) is 17.8 Å². The highest BCUT2D eigenvalue weighted by Crippen LogP contribution is 2.14. The lowest BCUT2D eigenvalue weighted by molar-refractivity contribution is -0.129. The van der Waals surface area contributed by atoms with Crippen molar-refractivity contribution in [3.05, 3.63) is 29.6 Å². The van der Waals surface area contributed by atoms with Crippen LogP contribution in [0, 0.1) is 12.7 Å². The lowest BCUT2D eigenvalue weighted by Gasteiger charge is -2.19. The Morgan fingerprint density at radius 1 is 1.38 bits per heavy atom. The van der Waals surface area contributed by atoms with Gasteiger partial charge in [-0.2, -0.15) is 0 Å². The van der Waals surface area contributed by atoms with E-state index in [4.69, 9.17) is 0 Å². The molecular weight excluding hydrogens is 207 g/mol. The van der Waals surface area contributed by atoms with Crippen molar-refractivity contribution in [2.45, 2.75) is 19.9 Å². The van der Waals surface area contributed by atoms with Gasteiger partial charge >= 0.3 is 0 Å². The molecule has 0 aliphatic carbocycles. The van der Waals surface area contributed by atoms with E-state index in [0.717, 1.165) is 5.56 Å². The minimum atomic E-state index is -0.365. The molecule has 3 nitrogen and oxygen atoms in total. The summed E-state index contributed by atoms with van der Waals surface area (Å²) < 4.78 is 13.1. The topological polar surface area (TPSA) is 32.3 Å². The number of anilines is 1. The molecule has 0 aliphatic heterocycles. The van der Waals surface area contributed by atoms with Crippen LogP contribution >= 0.6 is 0 Å². The van der Waals surface area contributed by atoms with E-state index < -0.39 is 0 Å². The number of nitrogens with one attached hydrogen (secondary N) is 1. The number of hydrogen-bond acceptors (Lipinski definition) is 2. The molecule has 0 heterocycles. The van der Waals surface area contributed by atoms with Gasteiger partial charge in [0.15, 0.2) is 0 Å². The highest BCUT2D eigenvalue weighted by atomic mass is 19.1. The van der Waals surface area contributed by atoms with Gasteiger partial charge in [-0.15, -0.1) is 0 Å². The molecule has 1 amide bonds. The first-order chi connectivity index (χ1) is 7.40. The van der Waals surface area contributed by atoms with Crippen LogP contribution in [0.4, 0.5) is 10.1 Å². The Balaban J connectivity index is 2.76. The second-order valence-electron chi connectivity index (χ2n) is 4.12. The minimum Gasteiger partial charge on any atom is -0.374 e. The van der Waals surface area contributed by atoms with Crippen LogP contribution in [-0.4, -0.2) is 30.9 Å². The van der Waals surface area contributed by atoms with E-state index >= 15 is 0 Å². The standard InChI is InChI=1S/C12H17FN2O/c1-8-5-10(13)7-11(6-8)14-9(2)12(16)15(3)4/h5-7,9,14H,1-4H3. The van der Waals surface area contributed by atoms with Crippen LogP contribution in [0.2, 0.25) is 0 Å². The largest absolute Gasteiger partial charge is 0.374 e. The molecule has 1 unspecified atom stereocenters. The number of benzene rings is 1. The molecule has 0 bridgehead atoms. The smallest absolute Gasteiger partial charge is 0.244 e. The number of amides is 1. The molecule has 0 aromatic heterocycles. The van der Waals surface area contributed by atoms with E-state index in [0.29, 0.717) is 5.69 Å². The maximum Gasteiger partial charge on any atom is 0.244 e. The van der Waals surface area contributed by atoms with Crippen molar-refractivity contribution in [1.29, 1.82) is 0 Å². The Labute approximate surface area is 95.3 Å². The normalized spacial score (nSPS) is 12.1. The van der Waals surface area contributed by atoms with Crippen molar-refractivity contribution in [1.82, 2.24) is 4.90 Å². The summed E-state index contributed by atoms with van der Waals surface area (Å²) in [5.41, 5.74) is 1.45. The molecule has 0 radical (unpaired) electrons. The van der Waals surface area contributed by atoms with E-state index in [1.807, 2.05) is 13.0 Å². The zero-order chi connectivity index (χ0) is 12.3. The van der Waals surface area contributed by atoms with Gasteiger partial charge in [0.05, 0.1) is 0 Å². The third-order valence-electron chi connectivity index (χ3n) is 2.24. The molecule has 0 saturated heterocycles. The van der Waals surface area contributed by atoms with Gasteiger partial charge in [0.2, 0.25) is 5.91 Å². The monoisotopic (exact) mass is 224 g/mol. The molecule has 1 N–H and O–H groups in total. The fourth-order valence-electron chi connectivity index (χ4n) is 1.52. The molecule has 16 heavy (non-hydrogen) atoms. The van der Waals surface area contributed by atoms with Crippen LogP contribution in [0.1, 0.15) is 12.5 Å². The van der Waals surface area contributed by atoms with Gasteiger partial charge in [-0.1, -0.05) is 0 Å². The summed E-state index contributed by atoms with van der Waals surface area (Å²) in [5, 5.41) is 2.97. The molecular formula is C12H17FN2O. The molecule has 0 fully saturated rings. The fraction of sp³-hybridized carbons (Fsp3) is 0.417. The number of aryl methyl sites for hydroxylation is 1. The number of hydrogen-bond donors (Lipinski definition) is 1. The summed E-state index contributed by atoms with van der Waals surface area (Å²) in [5.74, 6) is -0.339. The molecule has 0 aliphatic rings. The lowest BCUT2D eigenvalue weighted by Crippen LogP contribution is -2.36. The quantitative estimate of drug-likeness (QED) is 0.852. The summed E-state index contributed by atoms with van der Waals surface area (Å²) in [6, 6.07) is 4.27. The predicted molar refractivity (Wildman–Crippen MR) is 62.9 cm³/mol. The van der Waals surface area contributed by atoms with E-state index in [1.165, 1.54) is 17.0 Å². The van der Waals surface area contributed by atoms with E-state index in [2.05, 4.69) is 5.32 Å². The van der Waals surface area contributed by atoms with Crippen LogP contribution in [0.3, 0.4) is 0 Å². The summed E-state index contributed by atoms with van der Waals surface area (Å²) in [4.78, 5) is 13.1. The number of carbonyl (C=O) groups excluding carboxylic acids is 1. The molecule has 88 valence electrons. The van der Waals surface area contributed by atoms with Crippen molar-refractivity contribution >= 4 is 11.6 Å². The van der Waals surface area contributed by atoms with Crippen LogP contribution < -0.4 is 5.32 Å². The second-order valence-corrected chi connectivity index (χ2v) is 4.12. The first kappa shape index (κ1) is 12.5. The summed E-state index contributed by atoms with van der Waals surface area (Å²) in [6.07, 6.45) is 0. The van der Waals surface area contributed by atoms with Gasteiger partial charge in [-0.25, -0.2) is 4.39 Å². The van der Waals surface area contributed by atoms with Crippen LogP contribution in [0.5, 0.6) is 0 Å². The number of halogens is 1. The average molecular weight is 224 g/mol. The minimum absolute atomic E-state index is 0.0399. The Morgan fingerprint density at radius 3 is 2.50 bits per heavy atom. The number of carbonyl (C=O) groups is 1. The third-order valence-corrected chi connectivity index (χ3v) is 2.24. The van der Waals surface area contributed by atoms with Gasteiger partial charge < -0.3 is 10.2 Å². The summed E-state index contributed by atoms with van der Waals surface area (Å²) in [6.45, 7) is 3.56. The van der Waals surface area contributed by atoms with Crippen LogP contribution in [0.25, 0.3) is 0 Å². The van der Waals surface area contributed by atoms with Gasteiger partial charge in [0.1, 0.15) is 11.9 Å². The summed E-state index contributed by atoms with van der Waals surface area (Å²) in [7, 11) is 3.38. The molecule has 0 saturated carbocycles. The first-order valence-electron chi connectivity index (χ1n) is 5.15. The van der Waals surface area contributed by atoms with Crippen molar-refractivity contribution in [2.75, 3.05) is 19.4 Å². The average Bonchev–Trinajstić information content (AvgIpc) is 2.14. The fourth-order valence-corrected chi connectivity index (χ4v) is 1.52. The molecule has 0 spiro atoms. The highest BCUT2D eigenvalue weighted by Gasteiger charge is 2.14. The van der Waals surface area contributed by atoms with Crippen molar-refractivity contribution in [2.24, 2.45) is 0 Å². The number of nitrogens with zero attached hydrogens (tertiary/aromatic N) is 1. The van der Waals surface area contributed by atoms with Crippen molar-refractivity contribution < 1.29 is 9.18 Å². The van der Waals surface area contributed by atoms with E-state index in [1.54, 1.807) is 21.0 Å². The van der Waals surface area contributed by atoms with Gasteiger partial charge in [-0.05, 0) is 37.6 Å². The maximum absolute atomic E-state index is 13.1. The third kappa shape index (κ3) is 3.22. The molecule has 1 atom stereocenters. The van der Waals surface area contributed by atoms with Crippen molar-refractivity contribution in [3.8, 4) is 0 Å². The molecule has 1 aromatic carbocycles. The Hall–Kier alpha value is -1.58. The number of likely N-dealkylation sites (N-methyl/N-ethyl adjacent to an activating group) is 1. The van der Waals surface area contributed by atoms with Crippen molar-refractivity contribution in [3.63, 3.8) is 0 Å². The molecule has 1 aromatic rings.